The number of nitrogens with two attached hydrogens (primary N) is 2. The van der Waals surface area contributed by atoms with Gasteiger partial charge in [-0.15, -0.1) is 15.6 Å². The van der Waals surface area contributed by atoms with E-state index in [-0.39, 0.29) is 10.8 Å². The Kier molecular flexibility index (Phi) is 11.6. The number of nitrogen functional groups attached to an aromatic ring is 1. The van der Waals surface area contributed by atoms with Crippen LogP contribution in [0.4, 0.5) is 11.1 Å². The second-order valence-corrected chi connectivity index (χ2v) is 14.4. The Balaban J connectivity index is 1.24. The Bertz CT molecular complexity index is 1940. The van der Waals surface area contributed by atoms with Gasteiger partial charge in [-0.2, -0.15) is 13.5 Å². The van der Waals surface area contributed by atoms with Crippen molar-refractivity contribution in [2.75, 3.05) is 50.0 Å². The lowest BCUT2D eigenvalue weighted by molar-refractivity contribution is -0.661. The number of nitrogens with one attached hydrogen (secondary N) is 2. The molecule has 2 atom stereocenters. The van der Waals surface area contributed by atoms with Crippen LogP contribution in [0, 0.1) is 5.92 Å². The zero-order chi connectivity index (χ0) is 37.8. The lowest BCUT2D eigenvalue weighted by Crippen LogP contribution is -2.76. The first-order valence-electron chi connectivity index (χ1n) is 15.8. The van der Waals surface area contributed by atoms with Gasteiger partial charge in [-0.1, -0.05) is 22.3 Å². The number of hydroxylamine groups is 2. The highest BCUT2D eigenvalue weighted by molar-refractivity contribution is 7.80. The molecule has 4 heterocycles. The molecule has 0 spiro atoms. The Labute approximate surface area is 302 Å². The normalized spacial score (nSPS) is 17.9. The maximum atomic E-state index is 13.3. The molecule has 52 heavy (non-hydrogen) atoms. The summed E-state index contributed by atoms with van der Waals surface area (Å²) in [6, 6.07) is 5.55. The third-order valence-electron chi connectivity index (χ3n) is 8.23. The maximum Gasteiger partial charge on any atom is 0.418 e. The van der Waals surface area contributed by atoms with Crippen LogP contribution in [0.15, 0.2) is 47.2 Å². The van der Waals surface area contributed by atoms with Crippen LogP contribution in [0.2, 0.25) is 0 Å². The molecule has 20 nitrogen and oxygen atoms in total. The first-order valence-corrected chi connectivity index (χ1v) is 18.1. The van der Waals surface area contributed by atoms with Crippen molar-refractivity contribution in [2.45, 2.75) is 31.5 Å². The first kappa shape index (κ1) is 38.2. The van der Waals surface area contributed by atoms with Gasteiger partial charge in [-0.05, 0) is 31.5 Å². The number of aliphatic carboxylic acids is 1. The summed E-state index contributed by atoms with van der Waals surface area (Å²) in [5.41, 5.74) is 11.2. The number of anilines is 2. The van der Waals surface area contributed by atoms with Crippen molar-refractivity contribution in [3.63, 3.8) is 0 Å². The molecular formula is C30H39N10O10S2+. The van der Waals surface area contributed by atoms with E-state index < -0.39 is 58.2 Å². The number of hydrogen-bond acceptors (Lipinski definition) is 16. The van der Waals surface area contributed by atoms with Crippen molar-refractivity contribution in [2.24, 2.45) is 23.9 Å². The smallest absolute Gasteiger partial charge is 0.418 e. The number of β-lactam (4-membered cyclic amide) rings is 1. The van der Waals surface area contributed by atoms with Crippen LogP contribution < -0.4 is 36.3 Å². The molecule has 0 aliphatic carbocycles. The van der Waals surface area contributed by atoms with Gasteiger partial charge in [0.2, 0.25) is 0 Å². The number of oxime groups is 1. The summed E-state index contributed by atoms with van der Waals surface area (Å²) >= 11 is 0.958. The summed E-state index contributed by atoms with van der Waals surface area (Å²) in [5, 5.41) is 21.0. The second kappa shape index (κ2) is 15.7. The molecule has 3 aromatic rings. The first-order chi connectivity index (χ1) is 24.6. The molecular weight excluding hydrogens is 725 g/mol. The number of rotatable bonds is 17. The van der Waals surface area contributed by atoms with E-state index in [4.69, 9.17) is 30.6 Å². The molecule has 5 rings (SSSR count). The van der Waals surface area contributed by atoms with E-state index >= 15 is 0 Å². The van der Waals surface area contributed by atoms with Gasteiger partial charge >= 0.3 is 22.3 Å². The van der Waals surface area contributed by atoms with Gasteiger partial charge in [-0.25, -0.2) is 14.3 Å². The lowest BCUT2D eigenvalue weighted by atomic mass is 9.84. The molecule has 2 fully saturated rings. The predicted molar refractivity (Wildman–Crippen MR) is 185 cm³/mol. The fourth-order valence-electron chi connectivity index (χ4n) is 5.39. The number of carboxylic acid groups (broad SMARTS) is 1. The van der Waals surface area contributed by atoms with E-state index in [0.717, 1.165) is 48.0 Å². The minimum absolute atomic E-state index is 0.0561. The Morgan fingerprint density at radius 1 is 1.27 bits per heavy atom. The Morgan fingerprint density at radius 2 is 1.98 bits per heavy atom. The van der Waals surface area contributed by atoms with Gasteiger partial charge in [0.25, 0.3) is 17.9 Å². The van der Waals surface area contributed by atoms with Gasteiger partial charge in [0.1, 0.15) is 30.3 Å². The minimum Gasteiger partial charge on any atom is -0.489 e. The van der Waals surface area contributed by atoms with E-state index in [1.54, 1.807) is 30.5 Å². The van der Waals surface area contributed by atoms with E-state index in [2.05, 4.69) is 30.0 Å². The highest BCUT2D eigenvalue weighted by atomic mass is 32.3. The maximum absolute atomic E-state index is 13.3. The van der Waals surface area contributed by atoms with Gasteiger partial charge in [-0.3, -0.25) is 19.0 Å². The number of aryl methyl sites for hydroxylation is 1. The van der Waals surface area contributed by atoms with E-state index in [1.807, 2.05) is 17.8 Å². The standard InChI is InChI=1S/C30H38N10O10S2/c1-30(2)24(26(42)40(30)50-52(45,46)47)36-25(41)23(21-16-51-28(32)35-21)37-49-22(27(43)44)15-48-20-6-4-18(5-7-20)19-12-34-29(38(3)14-19)39(9-8-31)13-17-10-33-11-17/h4-7,12,14,16-17,22,24,33H,8-11,13,15,31H2,1-3H3,(H4-,32,35,36,41,43,44,45,46,47)/p+1/b37-23-/t22-,24+/m0/s1. The summed E-state index contributed by atoms with van der Waals surface area (Å²) in [5.74, 6) is -1.80. The van der Waals surface area contributed by atoms with E-state index in [1.165, 1.54) is 19.2 Å². The fraction of sp³-hybridized carbons (Fsp3) is 0.433. The number of carbonyl (C=O) groups excluding carboxylic acids is 2. The molecule has 8 N–H and O–H groups in total. The molecule has 2 aromatic heterocycles. The number of hydrogen-bond donors (Lipinski definition) is 6. The summed E-state index contributed by atoms with van der Waals surface area (Å²) in [6.45, 7) is 6.18. The molecule has 1 aromatic carbocycles. The lowest BCUT2D eigenvalue weighted by Gasteiger charge is -2.50. The zero-order valence-electron chi connectivity index (χ0n) is 28.3. The monoisotopic (exact) mass is 763 g/mol. The molecule has 2 aliphatic rings. The van der Waals surface area contributed by atoms with Crippen LogP contribution >= 0.6 is 11.3 Å². The SMILES string of the molecule is C[n+]1cc(-c2ccc(OC[C@H](O/N=C(\C(=O)N[C@@H]3C(=O)N(OS(=O)(=O)O)C3(C)C)c3csc(N)n3)C(=O)O)cc2)cnc1N(CCN)CC1CNC1. The number of benzene rings is 1. The number of aromatic nitrogens is 3. The van der Waals surface area contributed by atoms with Gasteiger partial charge in [0, 0.05) is 36.5 Å². The number of amides is 2. The van der Waals surface area contributed by atoms with Crippen molar-refractivity contribution in [3.8, 4) is 16.9 Å². The zero-order valence-corrected chi connectivity index (χ0v) is 30.0. The molecule has 0 saturated carbocycles. The Hall–Kier alpha value is -5.00. The number of nitrogens with zero attached hydrogens (tertiary/aromatic N) is 6. The van der Waals surface area contributed by atoms with Crippen LogP contribution in [0.25, 0.3) is 11.1 Å². The summed E-state index contributed by atoms with van der Waals surface area (Å²) in [6.07, 6.45) is 2.04. The van der Waals surface area contributed by atoms with Crippen LogP contribution in [-0.2, 0) is 41.0 Å². The number of carboxylic acids is 1. The van der Waals surface area contributed by atoms with Gasteiger partial charge in [0.05, 0.1) is 31.9 Å². The van der Waals surface area contributed by atoms with Crippen LogP contribution in [0.1, 0.15) is 19.5 Å². The summed E-state index contributed by atoms with van der Waals surface area (Å²) in [7, 11) is -3.11. The molecule has 2 saturated heterocycles. The molecule has 280 valence electrons. The minimum atomic E-state index is -5.02. The van der Waals surface area contributed by atoms with Crippen LogP contribution in [-0.4, -0.2) is 114 Å². The van der Waals surface area contributed by atoms with Crippen molar-refractivity contribution in [1.29, 1.82) is 0 Å². The fourth-order valence-corrected chi connectivity index (χ4v) is 6.39. The second-order valence-electron chi connectivity index (χ2n) is 12.5. The molecule has 2 aliphatic heterocycles. The topological polar surface area (TPSA) is 278 Å². The molecule has 0 unspecified atom stereocenters. The summed E-state index contributed by atoms with van der Waals surface area (Å²) in [4.78, 5) is 54.0. The Morgan fingerprint density at radius 3 is 2.52 bits per heavy atom. The highest BCUT2D eigenvalue weighted by Gasteiger charge is 2.58. The van der Waals surface area contributed by atoms with E-state index in [0.29, 0.717) is 29.8 Å². The average Bonchev–Trinajstić information content (AvgIpc) is 3.50. The summed E-state index contributed by atoms with van der Waals surface area (Å²) < 4.78 is 43.2. The molecule has 22 heteroatoms. The van der Waals surface area contributed by atoms with Gasteiger partial charge in [0.15, 0.2) is 10.8 Å². The number of carbonyl (C=O) groups is 3. The van der Waals surface area contributed by atoms with Crippen molar-refractivity contribution in [1.82, 2.24) is 25.7 Å². The molecule has 0 bridgehead atoms. The van der Waals surface area contributed by atoms with Crippen molar-refractivity contribution < 1.29 is 50.9 Å². The van der Waals surface area contributed by atoms with Crippen LogP contribution in [0.3, 0.4) is 0 Å². The van der Waals surface area contributed by atoms with Crippen molar-refractivity contribution >= 4 is 56.3 Å². The molecule has 0 radical (unpaired) electrons. The predicted octanol–water partition coefficient (Wildman–Crippen LogP) is -1.31. The quantitative estimate of drug-likeness (QED) is 0.0306. The highest BCUT2D eigenvalue weighted by Crippen LogP contribution is 2.33. The van der Waals surface area contributed by atoms with Crippen molar-refractivity contribution in [3.05, 3.63) is 47.7 Å². The van der Waals surface area contributed by atoms with Gasteiger partial charge < -0.3 is 36.8 Å². The number of ether oxygens (including phenoxy) is 1. The largest absolute Gasteiger partial charge is 0.489 e. The van der Waals surface area contributed by atoms with E-state index in [9.17, 15) is 27.9 Å². The molecule has 2 amide bonds. The van der Waals surface area contributed by atoms with Crippen LogP contribution in [0.5, 0.6) is 5.75 Å². The third-order valence-corrected chi connectivity index (χ3v) is 9.24. The number of thiazole rings is 1. The third kappa shape index (κ3) is 8.89. The average molecular weight is 764 g/mol.